The van der Waals surface area contributed by atoms with Gasteiger partial charge in [-0.05, 0) is 11.4 Å². The van der Waals surface area contributed by atoms with E-state index in [4.69, 9.17) is 5.26 Å². The molecule has 6 nitrogen and oxygen atoms in total. The molecule has 0 aliphatic rings. The van der Waals surface area contributed by atoms with Crippen molar-refractivity contribution < 1.29 is 0 Å². The molecule has 2 heterocycles. The number of aromatic nitrogens is 3. The van der Waals surface area contributed by atoms with E-state index in [0.717, 1.165) is 4.88 Å². The Bertz CT molecular complexity index is 624. The van der Waals surface area contributed by atoms with E-state index in [0.29, 0.717) is 12.1 Å². The van der Waals surface area contributed by atoms with Gasteiger partial charge in [-0.25, -0.2) is 9.78 Å². The largest absolute Gasteiger partial charge is 0.357 e. The van der Waals surface area contributed by atoms with Crippen molar-refractivity contribution in [1.29, 1.82) is 5.26 Å². The molecule has 0 spiro atoms. The van der Waals surface area contributed by atoms with Crippen molar-refractivity contribution in [2.24, 2.45) is 0 Å². The highest BCUT2D eigenvalue weighted by Crippen LogP contribution is 2.16. The molecule has 2 rings (SSSR count). The van der Waals surface area contributed by atoms with Crippen molar-refractivity contribution in [2.75, 3.05) is 12.4 Å². The van der Waals surface area contributed by atoms with E-state index in [1.54, 1.807) is 13.1 Å². The van der Waals surface area contributed by atoms with Gasteiger partial charge in [-0.15, -0.1) is 11.3 Å². The van der Waals surface area contributed by atoms with Gasteiger partial charge in [0.15, 0.2) is 0 Å². The molecule has 0 saturated heterocycles. The van der Waals surface area contributed by atoms with Gasteiger partial charge in [0.1, 0.15) is 12.4 Å². The fourth-order valence-electron chi connectivity index (χ4n) is 1.30. The summed E-state index contributed by atoms with van der Waals surface area (Å²) in [7, 11) is 1.65. The van der Waals surface area contributed by atoms with E-state index >= 15 is 0 Å². The summed E-state index contributed by atoms with van der Waals surface area (Å²) >= 11 is 1.43. The van der Waals surface area contributed by atoms with Crippen LogP contribution < -0.4 is 11.0 Å². The van der Waals surface area contributed by atoms with Gasteiger partial charge < -0.3 is 5.32 Å². The number of rotatable bonds is 3. The zero-order valence-corrected chi connectivity index (χ0v) is 9.86. The van der Waals surface area contributed by atoms with Crippen LogP contribution in [0.15, 0.2) is 22.6 Å². The third-order valence-corrected chi connectivity index (χ3v) is 3.08. The molecule has 0 bridgehead atoms. The van der Waals surface area contributed by atoms with Crippen molar-refractivity contribution in [3.05, 3.63) is 38.7 Å². The number of nitrogens with one attached hydrogen (secondary N) is 1. The predicted molar refractivity (Wildman–Crippen MR) is 64.0 cm³/mol. The van der Waals surface area contributed by atoms with Gasteiger partial charge in [0.05, 0.1) is 12.1 Å². The van der Waals surface area contributed by atoms with Crippen LogP contribution in [0.5, 0.6) is 0 Å². The second-order valence-electron chi connectivity index (χ2n) is 3.21. The van der Waals surface area contributed by atoms with Gasteiger partial charge >= 0.3 is 5.69 Å². The van der Waals surface area contributed by atoms with Crippen LogP contribution in [0.4, 0.5) is 5.95 Å². The van der Waals surface area contributed by atoms with Gasteiger partial charge in [0.25, 0.3) is 0 Å². The quantitative estimate of drug-likeness (QED) is 0.861. The smallest absolute Gasteiger partial charge is 0.352 e. The lowest BCUT2D eigenvalue weighted by Crippen LogP contribution is -2.24. The van der Waals surface area contributed by atoms with Gasteiger partial charge in [0, 0.05) is 11.9 Å². The van der Waals surface area contributed by atoms with E-state index in [-0.39, 0.29) is 11.6 Å². The number of hydrogen-bond donors (Lipinski definition) is 1. The molecule has 0 radical (unpaired) electrons. The Hall–Kier alpha value is -2.20. The average Bonchev–Trinajstić information content (AvgIpc) is 2.79. The Labute approximate surface area is 101 Å². The highest BCUT2D eigenvalue weighted by atomic mass is 32.1. The molecule has 0 fully saturated rings. The zero-order valence-electron chi connectivity index (χ0n) is 9.04. The minimum Gasteiger partial charge on any atom is -0.357 e. The Morgan fingerprint density at radius 1 is 1.65 bits per heavy atom. The maximum Gasteiger partial charge on any atom is 0.352 e. The molecule has 17 heavy (non-hydrogen) atoms. The maximum absolute atomic E-state index is 11.6. The predicted octanol–water partition coefficient (Wildman–Crippen LogP) is 0.661. The minimum absolute atomic E-state index is 0.290. The van der Waals surface area contributed by atoms with E-state index in [1.807, 2.05) is 5.38 Å². The molecular weight excluding hydrogens is 238 g/mol. The van der Waals surface area contributed by atoms with Crippen molar-refractivity contribution in [2.45, 2.75) is 6.54 Å². The standard InChI is InChI=1S/C10H9N5OS/c1-12-9-13-6-15(10(16)14-9)5-8-7(4-11)2-3-17-8/h2-3,6H,5H2,1H3,(H,12,14,16). The highest BCUT2D eigenvalue weighted by Gasteiger charge is 2.06. The van der Waals surface area contributed by atoms with Crippen LogP contribution >= 0.6 is 11.3 Å². The number of nitriles is 1. The van der Waals surface area contributed by atoms with Gasteiger partial charge in [-0.1, -0.05) is 0 Å². The van der Waals surface area contributed by atoms with E-state index in [9.17, 15) is 4.79 Å². The fourth-order valence-corrected chi connectivity index (χ4v) is 2.13. The summed E-state index contributed by atoms with van der Waals surface area (Å²) in [6.45, 7) is 0.323. The number of hydrogen-bond acceptors (Lipinski definition) is 6. The lowest BCUT2D eigenvalue weighted by Gasteiger charge is -2.03. The highest BCUT2D eigenvalue weighted by molar-refractivity contribution is 7.10. The first-order valence-corrected chi connectivity index (χ1v) is 5.70. The summed E-state index contributed by atoms with van der Waals surface area (Å²) in [5.41, 5.74) is 0.196. The fraction of sp³-hybridized carbons (Fsp3) is 0.200. The average molecular weight is 247 g/mol. The van der Waals surface area contributed by atoms with Crippen LogP contribution in [0.2, 0.25) is 0 Å². The molecule has 2 aromatic heterocycles. The monoisotopic (exact) mass is 247 g/mol. The second-order valence-corrected chi connectivity index (χ2v) is 4.21. The summed E-state index contributed by atoms with van der Waals surface area (Å²) < 4.78 is 1.37. The third-order valence-electron chi connectivity index (χ3n) is 2.17. The summed E-state index contributed by atoms with van der Waals surface area (Å²) in [6.07, 6.45) is 1.42. The first-order chi connectivity index (χ1) is 8.24. The van der Waals surface area contributed by atoms with Crippen LogP contribution in [0.25, 0.3) is 0 Å². The van der Waals surface area contributed by atoms with Crippen LogP contribution in [-0.2, 0) is 6.54 Å². The van der Waals surface area contributed by atoms with E-state index < -0.39 is 0 Å². The summed E-state index contributed by atoms with van der Waals surface area (Å²) in [4.78, 5) is 20.1. The normalized spacial score (nSPS) is 9.88. The third kappa shape index (κ3) is 2.32. The molecule has 1 N–H and O–H groups in total. The topological polar surface area (TPSA) is 83.6 Å². The van der Waals surface area contributed by atoms with Gasteiger partial charge in [0.2, 0.25) is 5.95 Å². The van der Waals surface area contributed by atoms with Crippen LogP contribution in [0.3, 0.4) is 0 Å². The minimum atomic E-state index is -0.387. The molecule has 7 heteroatoms. The van der Waals surface area contributed by atoms with Crippen LogP contribution in [0, 0.1) is 11.3 Å². The lowest BCUT2D eigenvalue weighted by atomic mass is 10.3. The molecular formula is C10H9N5OS. The summed E-state index contributed by atoms with van der Waals surface area (Å²) in [5.74, 6) is 0.290. The Morgan fingerprint density at radius 2 is 2.47 bits per heavy atom. The van der Waals surface area contributed by atoms with Crippen LogP contribution in [-0.4, -0.2) is 21.6 Å². The van der Waals surface area contributed by atoms with E-state index in [2.05, 4.69) is 21.4 Å². The van der Waals surface area contributed by atoms with Crippen molar-refractivity contribution in [1.82, 2.24) is 14.5 Å². The maximum atomic E-state index is 11.6. The number of nitrogens with zero attached hydrogens (tertiary/aromatic N) is 4. The molecule has 0 aliphatic heterocycles. The Morgan fingerprint density at radius 3 is 3.12 bits per heavy atom. The molecule has 0 unspecified atom stereocenters. The number of thiophene rings is 1. The lowest BCUT2D eigenvalue weighted by molar-refractivity contribution is 0.709. The summed E-state index contributed by atoms with van der Waals surface area (Å²) in [6, 6.07) is 3.81. The molecule has 0 atom stereocenters. The first-order valence-electron chi connectivity index (χ1n) is 4.82. The van der Waals surface area contributed by atoms with Crippen molar-refractivity contribution >= 4 is 17.3 Å². The summed E-state index contributed by atoms with van der Waals surface area (Å²) in [5, 5.41) is 13.4. The van der Waals surface area contributed by atoms with E-state index in [1.165, 1.54) is 22.2 Å². The Kier molecular flexibility index (Phi) is 3.16. The molecule has 0 amide bonds. The van der Waals surface area contributed by atoms with Crippen molar-refractivity contribution in [3.8, 4) is 6.07 Å². The first kappa shape index (κ1) is 11.3. The molecule has 0 saturated carbocycles. The number of anilines is 1. The molecule has 0 aromatic carbocycles. The van der Waals surface area contributed by atoms with Crippen LogP contribution in [0.1, 0.15) is 10.4 Å². The SMILES string of the molecule is CNc1ncn(Cc2sccc2C#N)c(=O)n1. The van der Waals surface area contributed by atoms with Gasteiger partial charge in [-0.3, -0.25) is 4.57 Å². The van der Waals surface area contributed by atoms with Crippen molar-refractivity contribution in [3.63, 3.8) is 0 Å². The molecule has 0 aliphatic carbocycles. The van der Waals surface area contributed by atoms with Gasteiger partial charge in [-0.2, -0.15) is 10.2 Å². The zero-order chi connectivity index (χ0) is 12.3. The molecule has 2 aromatic rings. The Balaban J connectivity index is 2.31. The second kappa shape index (κ2) is 4.76. The molecule has 86 valence electrons.